The highest BCUT2D eigenvalue weighted by atomic mass is 79.9. The van der Waals surface area contributed by atoms with Gasteiger partial charge in [-0.3, -0.25) is 4.79 Å². The zero-order valence-electron chi connectivity index (χ0n) is 12.1. The Bertz CT molecular complexity index is 467. The number of anilines is 1. The Hall–Kier alpha value is -0.910. The van der Waals surface area contributed by atoms with Crippen LogP contribution in [0.4, 0.5) is 5.69 Å². The molecule has 21 heavy (non-hydrogen) atoms. The molecule has 0 bridgehead atoms. The first-order valence-electron chi connectivity index (χ1n) is 7.56. The Balaban J connectivity index is 1.71. The quantitative estimate of drug-likeness (QED) is 0.735. The van der Waals surface area contributed by atoms with Crippen molar-refractivity contribution in [3.8, 4) is 0 Å². The number of nitrogens with one attached hydrogen (secondary N) is 2. The van der Waals surface area contributed by atoms with Crippen LogP contribution >= 0.6 is 15.9 Å². The van der Waals surface area contributed by atoms with Crippen molar-refractivity contribution in [1.82, 2.24) is 5.32 Å². The van der Waals surface area contributed by atoms with Crippen molar-refractivity contribution in [2.24, 2.45) is 11.8 Å². The van der Waals surface area contributed by atoms with E-state index in [9.17, 15) is 9.90 Å². The number of carbonyl (C=O) groups is 1. The normalized spacial score (nSPS) is 22.0. The number of aliphatic hydroxyl groups excluding tert-OH is 1. The summed E-state index contributed by atoms with van der Waals surface area (Å²) in [7, 11) is 0. The average molecular weight is 355 g/mol. The molecule has 1 aromatic carbocycles. The molecule has 1 aliphatic carbocycles. The van der Waals surface area contributed by atoms with Gasteiger partial charge in [0.05, 0.1) is 6.54 Å². The fourth-order valence-electron chi connectivity index (χ4n) is 2.94. The topological polar surface area (TPSA) is 61.4 Å². The predicted octanol–water partition coefficient (Wildman–Crippen LogP) is 2.78. The summed E-state index contributed by atoms with van der Waals surface area (Å²) >= 11 is 3.38. The number of benzene rings is 1. The van der Waals surface area contributed by atoms with Gasteiger partial charge in [0.1, 0.15) is 0 Å². The summed E-state index contributed by atoms with van der Waals surface area (Å²) in [6, 6.07) is 7.55. The van der Waals surface area contributed by atoms with Gasteiger partial charge < -0.3 is 15.7 Å². The summed E-state index contributed by atoms with van der Waals surface area (Å²) in [5.41, 5.74) is 0.794. The molecule has 0 heterocycles. The van der Waals surface area contributed by atoms with E-state index in [-0.39, 0.29) is 12.5 Å². The van der Waals surface area contributed by atoms with Crippen molar-refractivity contribution in [3.63, 3.8) is 0 Å². The maximum atomic E-state index is 11.9. The van der Waals surface area contributed by atoms with Crippen LogP contribution in [0.25, 0.3) is 0 Å². The van der Waals surface area contributed by atoms with Gasteiger partial charge in [-0.15, -0.1) is 0 Å². The van der Waals surface area contributed by atoms with Crippen LogP contribution in [0.3, 0.4) is 0 Å². The standard InChI is InChI=1S/C16H23BrN2O2/c17-14-6-3-7-15(8-14)19-16(21)10-18-9-12-4-1-2-5-13(12)11-20/h3,6-8,12-13,18,20H,1-2,4-5,9-11H2,(H,19,21). The molecular weight excluding hydrogens is 332 g/mol. The van der Waals surface area contributed by atoms with Crippen molar-refractivity contribution < 1.29 is 9.90 Å². The van der Waals surface area contributed by atoms with Gasteiger partial charge in [-0.05, 0) is 49.4 Å². The predicted molar refractivity (Wildman–Crippen MR) is 88.2 cm³/mol. The minimum atomic E-state index is -0.0375. The molecule has 2 rings (SSSR count). The zero-order valence-corrected chi connectivity index (χ0v) is 13.7. The lowest BCUT2D eigenvalue weighted by Gasteiger charge is -2.30. The molecule has 0 spiro atoms. The monoisotopic (exact) mass is 354 g/mol. The molecule has 1 aliphatic rings. The number of halogens is 1. The Morgan fingerprint density at radius 3 is 2.76 bits per heavy atom. The molecule has 1 amide bonds. The van der Waals surface area contributed by atoms with E-state index in [1.807, 2.05) is 24.3 Å². The summed E-state index contributed by atoms with van der Waals surface area (Å²) in [4.78, 5) is 11.9. The van der Waals surface area contributed by atoms with E-state index in [1.165, 1.54) is 12.8 Å². The third kappa shape index (κ3) is 5.41. The van der Waals surface area contributed by atoms with Crippen LogP contribution in [0.15, 0.2) is 28.7 Å². The van der Waals surface area contributed by atoms with E-state index in [4.69, 9.17) is 0 Å². The van der Waals surface area contributed by atoms with Gasteiger partial charge in [-0.25, -0.2) is 0 Å². The number of aliphatic hydroxyl groups is 1. The number of carbonyl (C=O) groups excluding carboxylic acids is 1. The van der Waals surface area contributed by atoms with Crippen molar-refractivity contribution in [3.05, 3.63) is 28.7 Å². The van der Waals surface area contributed by atoms with Crippen molar-refractivity contribution in [2.45, 2.75) is 25.7 Å². The van der Waals surface area contributed by atoms with Crippen molar-refractivity contribution >= 4 is 27.5 Å². The lowest BCUT2D eigenvalue weighted by molar-refractivity contribution is -0.115. The van der Waals surface area contributed by atoms with E-state index < -0.39 is 0 Å². The third-order valence-corrected chi connectivity index (χ3v) is 4.59. The van der Waals surface area contributed by atoms with E-state index >= 15 is 0 Å². The van der Waals surface area contributed by atoms with Gasteiger partial charge in [0, 0.05) is 16.8 Å². The van der Waals surface area contributed by atoms with Gasteiger partial charge >= 0.3 is 0 Å². The van der Waals surface area contributed by atoms with Gasteiger partial charge in [0.15, 0.2) is 0 Å². The van der Waals surface area contributed by atoms with Crippen LogP contribution in [0.5, 0.6) is 0 Å². The van der Waals surface area contributed by atoms with Crippen molar-refractivity contribution in [2.75, 3.05) is 25.0 Å². The molecule has 1 aromatic rings. The molecule has 0 aliphatic heterocycles. The summed E-state index contributed by atoms with van der Waals surface area (Å²) in [6.07, 6.45) is 4.69. The highest BCUT2D eigenvalue weighted by molar-refractivity contribution is 9.10. The van der Waals surface area contributed by atoms with Crippen LogP contribution in [-0.4, -0.2) is 30.7 Å². The molecule has 0 radical (unpaired) electrons. The summed E-state index contributed by atoms with van der Waals surface area (Å²) in [6.45, 7) is 1.37. The second-order valence-electron chi connectivity index (χ2n) is 5.68. The highest BCUT2D eigenvalue weighted by Gasteiger charge is 2.24. The van der Waals surface area contributed by atoms with Gasteiger partial charge in [-0.1, -0.05) is 34.8 Å². The Morgan fingerprint density at radius 1 is 1.29 bits per heavy atom. The SMILES string of the molecule is O=C(CNCC1CCCCC1CO)Nc1cccc(Br)c1. The highest BCUT2D eigenvalue weighted by Crippen LogP contribution is 2.28. The maximum Gasteiger partial charge on any atom is 0.238 e. The molecule has 0 aromatic heterocycles. The first-order chi connectivity index (χ1) is 10.2. The number of rotatable bonds is 6. The van der Waals surface area contributed by atoms with Gasteiger partial charge in [0.25, 0.3) is 0 Å². The van der Waals surface area contributed by atoms with E-state index in [1.54, 1.807) is 0 Å². The molecule has 2 unspecified atom stereocenters. The molecule has 1 fully saturated rings. The van der Waals surface area contributed by atoms with Crippen LogP contribution in [-0.2, 0) is 4.79 Å². The maximum absolute atomic E-state index is 11.9. The Morgan fingerprint density at radius 2 is 2.05 bits per heavy atom. The molecule has 4 nitrogen and oxygen atoms in total. The summed E-state index contributed by atoms with van der Waals surface area (Å²) < 4.78 is 0.946. The third-order valence-electron chi connectivity index (χ3n) is 4.10. The average Bonchev–Trinajstić information content (AvgIpc) is 2.47. The number of amides is 1. The largest absolute Gasteiger partial charge is 0.396 e. The first-order valence-corrected chi connectivity index (χ1v) is 8.35. The smallest absolute Gasteiger partial charge is 0.238 e. The molecule has 5 heteroatoms. The first kappa shape index (κ1) is 16.5. The van der Waals surface area contributed by atoms with Crippen LogP contribution in [0, 0.1) is 11.8 Å². The Kier molecular flexibility index (Phi) is 6.67. The molecule has 0 saturated heterocycles. The van der Waals surface area contributed by atoms with Crippen LogP contribution in [0.1, 0.15) is 25.7 Å². The Labute approximate surface area is 134 Å². The fraction of sp³-hybridized carbons (Fsp3) is 0.562. The van der Waals surface area contributed by atoms with Crippen LogP contribution in [0.2, 0.25) is 0 Å². The molecule has 2 atom stereocenters. The molecule has 3 N–H and O–H groups in total. The summed E-state index contributed by atoms with van der Waals surface area (Å²) in [5, 5.41) is 15.5. The lowest BCUT2D eigenvalue weighted by Crippen LogP contribution is -2.36. The zero-order chi connectivity index (χ0) is 15.1. The second kappa shape index (κ2) is 8.51. The lowest BCUT2D eigenvalue weighted by atomic mass is 9.79. The van der Waals surface area contributed by atoms with Gasteiger partial charge in [-0.2, -0.15) is 0 Å². The number of hydrogen-bond donors (Lipinski definition) is 3. The summed E-state index contributed by atoms with van der Waals surface area (Å²) in [5.74, 6) is 0.839. The molecular formula is C16H23BrN2O2. The van der Waals surface area contributed by atoms with Crippen molar-refractivity contribution in [1.29, 1.82) is 0 Å². The number of hydrogen-bond acceptors (Lipinski definition) is 3. The van der Waals surface area contributed by atoms with E-state index in [0.29, 0.717) is 18.4 Å². The minimum Gasteiger partial charge on any atom is -0.396 e. The molecule has 116 valence electrons. The van der Waals surface area contributed by atoms with E-state index in [0.717, 1.165) is 29.5 Å². The van der Waals surface area contributed by atoms with Crippen LogP contribution < -0.4 is 10.6 Å². The second-order valence-corrected chi connectivity index (χ2v) is 6.59. The fourth-order valence-corrected chi connectivity index (χ4v) is 3.34. The van der Waals surface area contributed by atoms with Gasteiger partial charge in [0.2, 0.25) is 5.91 Å². The van der Waals surface area contributed by atoms with E-state index in [2.05, 4.69) is 26.6 Å². The minimum absolute atomic E-state index is 0.0375. The molecule has 1 saturated carbocycles.